The smallest absolute Gasteiger partial charge is 0.253 e. The summed E-state index contributed by atoms with van der Waals surface area (Å²) in [6.07, 6.45) is 0.802. The number of carbonyl (C=O) groups is 2. The van der Waals surface area contributed by atoms with Crippen LogP contribution < -0.4 is 5.32 Å². The molecule has 1 fully saturated rings. The second-order valence-electron chi connectivity index (χ2n) is 6.10. The van der Waals surface area contributed by atoms with Gasteiger partial charge in [-0.05, 0) is 32.8 Å². The quantitative estimate of drug-likeness (QED) is 0.917. The highest BCUT2D eigenvalue weighted by Crippen LogP contribution is 2.31. The van der Waals surface area contributed by atoms with Gasteiger partial charge in [-0.15, -0.1) is 0 Å². The molecule has 1 aliphatic rings. The van der Waals surface area contributed by atoms with Crippen molar-refractivity contribution in [2.75, 3.05) is 6.54 Å². The summed E-state index contributed by atoms with van der Waals surface area (Å²) >= 11 is 0. The van der Waals surface area contributed by atoms with E-state index >= 15 is 0 Å². The maximum atomic E-state index is 12.9. The predicted molar refractivity (Wildman–Crippen MR) is 78.0 cm³/mol. The van der Waals surface area contributed by atoms with Crippen LogP contribution in [0.15, 0.2) is 30.3 Å². The molecule has 1 aliphatic heterocycles. The summed E-state index contributed by atoms with van der Waals surface area (Å²) < 4.78 is 0. The summed E-state index contributed by atoms with van der Waals surface area (Å²) in [6.45, 7) is 7.92. The van der Waals surface area contributed by atoms with Crippen LogP contribution in [0, 0.1) is 0 Å². The number of piperazine rings is 1. The van der Waals surface area contributed by atoms with E-state index in [9.17, 15) is 9.59 Å². The Morgan fingerprint density at radius 1 is 1.25 bits per heavy atom. The van der Waals surface area contributed by atoms with Crippen LogP contribution in [0.25, 0.3) is 0 Å². The van der Waals surface area contributed by atoms with Gasteiger partial charge >= 0.3 is 0 Å². The van der Waals surface area contributed by atoms with Crippen LogP contribution in [0.5, 0.6) is 0 Å². The minimum absolute atomic E-state index is 0.0462. The predicted octanol–water partition coefficient (Wildman–Crippen LogP) is 2.05. The van der Waals surface area contributed by atoms with Gasteiger partial charge in [0, 0.05) is 5.54 Å². The molecule has 0 aliphatic carbocycles. The Morgan fingerprint density at radius 3 is 2.40 bits per heavy atom. The molecule has 0 bridgehead atoms. The zero-order valence-electron chi connectivity index (χ0n) is 12.6. The molecule has 2 amide bonds. The molecule has 0 radical (unpaired) electrons. The van der Waals surface area contributed by atoms with Crippen molar-refractivity contribution in [3.05, 3.63) is 35.9 Å². The Morgan fingerprint density at radius 2 is 1.85 bits per heavy atom. The summed E-state index contributed by atoms with van der Waals surface area (Å²) in [5.74, 6) is -0.160. The third-order valence-electron chi connectivity index (χ3n) is 4.31. The first-order chi connectivity index (χ1) is 9.31. The first-order valence-corrected chi connectivity index (χ1v) is 7.00. The van der Waals surface area contributed by atoms with E-state index in [1.807, 2.05) is 51.1 Å². The van der Waals surface area contributed by atoms with E-state index < -0.39 is 5.54 Å². The van der Waals surface area contributed by atoms with Crippen molar-refractivity contribution in [3.8, 4) is 0 Å². The fourth-order valence-electron chi connectivity index (χ4n) is 2.50. The van der Waals surface area contributed by atoms with Gasteiger partial charge in [-0.3, -0.25) is 9.59 Å². The number of hydrogen-bond donors (Lipinski definition) is 1. The van der Waals surface area contributed by atoms with Crippen LogP contribution in [0.4, 0.5) is 0 Å². The molecule has 1 N–H and O–H groups in total. The van der Waals surface area contributed by atoms with E-state index in [0.717, 1.165) is 12.0 Å². The number of nitrogens with zero attached hydrogens (tertiary/aromatic N) is 1. The molecular formula is C16H22N2O2. The highest BCUT2D eigenvalue weighted by Gasteiger charge is 2.47. The lowest BCUT2D eigenvalue weighted by Gasteiger charge is -2.47. The normalized spacial score (nSPS) is 23.7. The average Bonchev–Trinajstić information content (AvgIpc) is 2.43. The highest BCUT2D eigenvalue weighted by molar-refractivity contribution is 5.98. The first-order valence-electron chi connectivity index (χ1n) is 7.00. The van der Waals surface area contributed by atoms with Crippen LogP contribution in [0.2, 0.25) is 0 Å². The zero-order chi connectivity index (χ0) is 15.0. The lowest BCUT2D eigenvalue weighted by Crippen LogP contribution is -2.67. The van der Waals surface area contributed by atoms with Crippen molar-refractivity contribution in [2.45, 2.75) is 45.2 Å². The molecule has 1 unspecified atom stereocenters. The van der Waals surface area contributed by atoms with E-state index in [0.29, 0.717) is 0 Å². The highest BCUT2D eigenvalue weighted by atomic mass is 16.2. The van der Waals surface area contributed by atoms with Gasteiger partial charge in [0.1, 0.15) is 12.1 Å². The molecule has 2 rings (SSSR count). The lowest BCUT2D eigenvalue weighted by atomic mass is 9.85. The van der Waals surface area contributed by atoms with Gasteiger partial charge in [0.15, 0.2) is 0 Å². The maximum absolute atomic E-state index is 12.9. The summed E-state index contributed by atoms with van der Waals surface area (Å²) in [6, 6.07) is 9.41. The van der Waals surface area contributed by atoms with E-state index in [-0.39, 0.29) is 23.9 Å². The van der Waals surface area contributed by atoms with Crippen molar-refractivity contribution in [3.63, 3.8) is 0 Å². The molecule has 1 atom stereocenters. The fourth-order valence-corrected chi connectivity index (χ4v) is 2.50. The van der Waals surface area contributed by atoms with E-state index in [4.69, 9.17) is 0 Å². The topological polar surface area (TPSA) is 49.4 Å². The molecule has 108 valence electrons. The molecule has 0 aromatic heterocycles. The van der Waals surface area contributed by atoms with Crippen molar-refractivity contribution in [1.29, 1.82) is 0 Å². The minimum atomic E-state index is -0.983. The van der Waals surface area contributed by atoms with E-state index in [2.05, 4.69) is 5.32 Å². The first kappa shape index (κ1) is 14.6. The van der Waals surface area contributed by atoms with Gasteiger partial charge in [0.05, 0.1) is 0 Å². The van der Waals surface area contributed by atoms with Crippen LogP contribution >= 0.6 is 0 Å². The summed E-state index contributed by atoms with van der Waals surface area (Å²) in [4.78, 5) is 26.7. The number of benzene rings is 1. The number of nitrogens with one attached hydrogen (secondary N) is 1. The molecule has 1 heterocycles. The molecule has 20 heavy (non-hydrogen) atoms. The van der Waals surface area contributed by atoms with E-state index in [1.54, 1.807) is 11.8 Å². The van der Waals surface area contributed by atoms with Gasteiger partial charge in [-0.25, -0.2) is 0 Å². The Kier molecular flexibility index (Phi) is 3.59. The molecule has 1 saturated heterocycles. The second kappa shape index (κ2) is 4.93. The summed E-state index contributed by atoms with van der Waals surface area (Å²) in [5, 5.41) is 2.85. The number of carbonyl (C=O) groups excluding carboxylic acids is 2. The third kappa shape index (κ3) is 2.30. The lowest BCUT2D eigenvalue weighted by molar-refractivity contribution is -0.155. The molecular weight excluding hydrogens is 252 g/mol. The van der Waals surface area contributed by atoms with Gasteiger partial charge in [0.2, 0.25) is 5.91 Å². The maximum Gasteiger partial charge on any atom is 0.253 e. The second-order valence-corrected chi connectivity index (χ2v) is 6.10. The van der Waals surface area contributed by atoms with E-state index in [1.165, 1.54) is 0 Å². The monoisotopic (exact) mass is 274 g/mol. The minimum Gasteiger partial charge on any atom is -0.337 e. The van der Waals surface area contributed by atoms with Gasteiger partial charge < -0.3 is 10.2 Å². The summed E-state index contributed by atoms with van der Waals surface area (Å²) in [7, 11) is 0. The zero-order valence-corrected chi connectivity index (χ0v) is 12.6. The molecule has 1 aromatic rings. The van der Waals surface area contributed by atoms with Gasteiger partial charge in [0.25, 0.3) is 5.91 Å². The molecule has 4 nitrogen and oxygen atoms in total. The molecule has 4 heteroatoms. The Hall–Kier alpha value is -1.84. The Labute approximate surface area is 120 Å². The average molecular weight is 274 g/mol. The number of hydrogen-bond acceptors (Lipinski definition) is 2. The SMILES string of the molecule is CCC(C)(C)N1CC(=O)NC(C)(c2ccccc2)C1=O. The fraction of sp³-hybridized carbons (Fsp3) is 0.500. The summed E-state index contributed by atoms with van der Waals surface area (Å²) in [5.41, 5.74) is -0.497. The number of rotatable bonds is 3. The molecule has 0 spiro atoms. The number of amides is 2. The van der Waals surface area contributed by atoms with Crippen LogP contribution in [0.1, 0.15) is 39.7 Å². The van der Waals surface area contributed by atoms with Crippen LogP contribution in [0.3, 0.4) is 0 Å². The van der Waals surface area contributed by atoms with Crippen molar-refractivity contribution in [1.82, 2.24) is 10.2 Å². The Bertz CT molecular complexity index is 525. The van der Waals surface area contributed by atoms with Crippen molar-refractivity contribution in [2.24, 2.45) is 0 Å². The largest absolute Gasteiger partial charge is 0.337 e. The van der Waals surface area contributed by atoms with Gasteiger partial charge in [-0.2, -0.15) is 0 Å². The standard InChI is InChI=1S/C16H22N2O2/c1-5-15(2,3)18-11-13(19)17-16(4,14(18)20)12-9-7-6-8-10-12/h6-10H,5,11H2,1-4H3,(H,17,19). The van der Waals surface area contributed by atoms with Crippen LogP contribution in [-0.2, 0) is 15.1 Å². The van der Waals surface area contributed by atoms with Crippen LogP contribution in [-0.4, -0.2) is 28.8 Å². The van der Waals surface area contributed by atoms with Gasteiger partial charge in [-0.1, -0.05) is 37.3 Å². The molecule has 1 aromatic carbocycles. The van der Waals surface area contributed by atoms with Crippen molar-refractivity contribution >= 4 is 11.8 Å². The Balaban J connectivity index is 2.44. The third-order valence-corrected chi connectivity index (χ3v) is 4.31. The van der Waals surface area contributed by atoms with Crippen molar-refractivity contribution < 1.29 is 9.59 Å². The molecule has 0 saturated carbocycles.